The number of ether oxygens (including phenoxy) is 1. The molecule has 0 radical (unpaired) electrons. The third-order valence-electron chi connectivity index (χ3n) is 3.00. The smallest absolute Gasteiger partial charge is 0.140 e. The molecule has 1 aromatic heterocycles. The van der Waals surface area contributed by atoms with Gasteiger partial charge in [0.05, 0.1) is 28.5 Å². The van der Waals surface area contributed by atoms with Crippen LogP contribution < -0.4 is 11.1 Å². The molecule has 1 aromatic rings. The Labute approximate surface area is 108 Å². The van der Waals surface area contributed by atoms with Crippen molar-refractivity contribution in [2.24, 2.45) is 0 Å². The normalized spacial score (nSPS) is 18.9. The van der Waals surface area contributed by atoms with E-state index in [1.165, 1.54) is 0 Å². The third kappa shape index (κ3) is 2.88. The molecule has 2 heterocycles. The first-order chi connectivity index (χ1) is 8.15. The summed E-state index contributed by atoms with van der Waals surface area (Å²) in [4.78, 5) is 4.23. The highest BCUT2D eigenvalue weighted by atomic mass is 79.9. The zero-order valence-electron chi connectivity index (χ0n) is 9.45. The predicted octanol–water partition coefficient (Wildman–Crippen LogP) is 1.38. The molecule has 1 aliphatic heterocycles. The van der Waals surface area contributed by atoms with Crippen LogP contribution in [0.15, 0.2) is 16.7 Å². The number of hydrogen-bond donors (Lipinski definition) is 3. The highest BCUT2D eigenvalue weighted by molar-refractivity contribution is 9.10. The largest absolute Gasteiger partial charge is 0.397 e. The molecule has 6 heteroatoms. The van der Waals surface area contributed by atoms with Crippen molar-refractivity contribution < 1.29 is 9.84 Å². The molecule has 0 aliphatic carbocycles. The Morgan fingerprint density at radius 1 is 1.53 bits per heavy atom. The van der Waals surface area contributed by atoms with Crippen molar-refractivity contribution in [2.75, 3.05) is 30.9 Å². The van der Waals surface area contributed by atoms with Gasteiger partial charge in [-0.25, -0.2) is 4.98 Å². The van der Waals surface area contributed by atoms with E-state index in [9.17, 15) is 5.11 Å². The maximum atomic E-state index is 9.56. The Morgan fingerprint density at radius 3 is 2.82 bits per heavy atom. The molecule has 0 amide bonds. The molecule has 1 saturated heterocycles. The molecule has 1 fully saturated rings. The summed E-state index contributed by atoms with van der Waals surface area (Å²) in [5.41, 5.74) is 5.90. The lowest BCUT2D eigenvalue weighted by atomic mass is 9.91. The summed E-state index contributed by atoms with van der Waals surface area (Å²) >= 11 is 3.41. The maximum Gasteiger partial charge on any atom is 0.140 e. The van der Waals surface area contributed by atoms with E-state index in [0.717, 1.165) is 17.3 Å². The number of nitrogen functional groups attached to an aromatic ring is 1. The van der Waals surface area contributed by atoms with Crippen LogP contribution in [0, 0.1) is 0 Å². The first kappa shape index (κ1) is 12.6. The number of anilines is 2. The molecule has 0 spiro atoms. The first-order valence-corrected chi connectivity index (χ1v) is 6.32. The van der Waals surface area contributed by atoms with Crippen molar-refractivity contribution in [3.8, 4) is 0 Å². The number of nitrogens with two attached hydrogens (primary N) is 1. The molecule has 5 nitrogen and oxygen atoms in total. The number of halogens is 1. The highest BCUT2D eigenvalue weighted by Crippen LogP contribution is 2.29. The van der Waals surface area contributed by atoms with Crippen LogP contribution in [-0.2, 0) is 4.74 Å². The zero-order valence-corrected chi connectivity index (χ0v) is 11.0. The second-order valence-corrected chi connectivity index (χ2v) is 5.13. The minimum atomic E-state index is -0.343. The number of rotatable bonds is 3. The monoisotopic (exact) mass is 301 g/mol. The number of nitrogens with one attached hydrogen (secondary N) is 1. The van der Waals surface area contributed by atoms with E-state index in [1.807, 2.05) is 0 Å². The molecule has 0 aromatic carbocycles. The summed E-state index contributed by atoms with van der Waals surface area (Å²) in [6, 6.07) is 1.79. The fraction of sp³-hybridized carbons (Fsp3) is 0.545. The fourth-order valence-corrected chi connectivity index (χ4v) is 2.35. The van der Waals surface area contributed by atoms with Crippen LogP contribution in [-0.4, -0.2) is 35.5 Å². The van der Waals surface area contributed by atoms with E-state index >= 15 is 0 Å². The number of aromatic nitrogens is 1. The Hall–Kier alpha value is -0.850. The average molecular weight is 302 g/mol. The van der Waals surface area contributed by atoms with Crippen molar-refractivity contribution in [1.82, 2.24) is 4.98 Å². The Morgan fingerprint density at radius 2 is 2.24 bits per heavy atom. The molecule has 0 unspecified atom stereocenters. The van der Waals surface area contributed by atoms with E-state index in [2.05, 4.69) is 26.2 Å². The van der Waals surface area contributed by atoms with Crippen molar-refractivity contribution in [3.05, 3.63) is 16.7 Å². The van der Waals surface area contributed by atoms with Gasteiger partial charge in [-0.2, -0.15) is 0 Å². The lowest BCUT2D eigenvalue weighted by Gasteiger charge is -2.37. The number of pyridine rings is 1. The van der Waals surface area contributed by atoms with Gasteiger partial charge in [-0.05, 0) is 34.8 Å². The lowest BCUT2D eigenvalue weighted by molar-refractivity contribution is 0.0378. The third-order valence-corrected chi connectivity index (χ3v) is 3.60. The molecule has 4 N–H and O–H groups in total. The Bertz CT molecular complexity index is 394. The fourth-order valence-electron chi connectivity index (χ4n) is 1.88. The van der Waals surface area contributed by atoms with Crippen LogP contribution in [0.4, 0.5) is 11.5 Å². The van der Waals surface area contributed by atoms with Crippen LogP contribution in [0.25, 0.3) is 0 Å². The topological polar surface area (TPSA) is 80.4 Å². The van der Waals surface area contributed by atoms with Gasteiger partial charge in [0.2, 0.25) is 0 Å². The van der Waals surface area contributed by atoms with Crippen LogP contribution in [0.2, 0.25) is 0 Å². The van der Waals surface area contributed by atoms with Crippen molar-refractivity contribution in [1.29, 1.82) is 0 Å². The second kappa shape index (κ2) is 5.20. The van der Waals surface area contributed by atoms with Gasteiger partial charge in [-0.1, -0.05) is 0 Å². The maximum absolute atomic E-state index is 9.56. The molecule has 94 valence electrons. The molecule has 1 aliphatic rings. The highest BCUT2D eigenvalue weighted by Gasteiger charge is 2.32. The summed E-state index contributed by atoms with van der Waals surface area (Å²) < 4.78 is 6.11. The minimum Gasteiger partial charge on any atom is -0.397 e. The van der Waals surface area contributed by atoms with Gasteiger partial charge in [0.1, 0.15) is 5.82 Å². The van der Waals surface area contributed by atoms with Gasteiger partial charge < -0.3 is 20.9 Å². The second-order valence-electron chi connectivity index (χ2n) is 4.27. The van der Waals surface area contributed by atoms with Gasteiger partial charge in [0, 0.05) is 13.2 Å². The molecule has 0 bridgehead atoms. The summed E-state index contributed by atoms with van der Waals surface area (Å²) in [6.07, 6.45) is 3.13. The molecule has 2 rings (SSSR count). The summed E-state index contributed by atoms with van der Waals surface area (Å²) in [5.74, 6) is 0.704. The van der Waals surface area contributed by atoms with E-state index in [1.54, 1.807) is 12.3 Å². The summed E-state index contributed by atoms with van der Waals surface area (Å²) in [5, 5.41) is 12.9. The quantitative estimate of drug-likeness (QED) is 0.786. The predicted molar refractivity (Wildman–Crippen MR) is 69.8 cm³/mol. The van der Waals surface area contributed by atoms with E-state index < -0.39 is 0 Å². The minimum absolute atomic E-state index is 0.0643. The van der Waals surface area contributed by atoms with E-state index in [4.69, 9.17) is 10.5 Å². The SMILES string of the molecule is Nc1cnc(NC2(CO)CCOCC2)c(Br)c1. The molecule has 17 heavy (non-hydrogen) atoms. The molecule has 0 saturated carbocycles. The molecular formula is C11H16BrN3O2. The Kier molecular flexibility index (Phi) is 3.86. The van der Waals surface area contributed by atoms with Crippen molar-refractivity contribution in [3.63, 3.8) is 0 Å². The van der Waals surface area contributed by atoms with Gasteiger partial charge >= 0.3 is 0 Å². The number of hydrogen-bond acceptors (Lipinski definition) is 5. The molecular weight excluding hydrogens is 286 g/mol. The number of aliphatic hydroxyl groups excluding tert-OH is 1. The van der Waals surface area contributed by atoms with E-state index in [0.29, 0.717) is 24.7 Å². The van der Waals surface area contributed by atoms with Gasteiger partial charge in [-0.15, -0.1) is 0 Å². The van der Waals surface area contributed by atoms with E-state index in [-0.39, 0.29) is 12.1 Å². The van der Waals surface area contributed by atoms with Gasteiger partial charge in [0.15, 0.2) is 0 Å². The number of aliphatic hydroxyl groups is 1. The first-order valence-electron chi connectivity index (χ1n) is 5.53. The van der Waals surface area contributed by atoms with Crippen molar-refractivity contribution >= 4 is 27.4 Å². The standard InChI is InChI=1S/C11H16BrN3O2/c12-9-5-8(13)6-14-10(9)15-11(7-16)1-3-17-4-2-11/h5-6,16H,1-4,7,13H2,(H,14,15). The van der Waals surface area contributed by atoms with Crippen LogP contribution in [0.5, 0.6) is 0 Å². The van der Waals surface area contributed by atoms with Crippen LogP contribution in [0.1, 0.15) is 12.8 Å². The molecule has 0 atom stereocenters. The van der Waals surface area contributed by atoms with Crippen molar-refractivity contribution in [2.45, 2.75) is 18.4 Å². The summed E-state index contributed by atoms with van der Waals surface area (Å²) in [7, 11) is 0. The number of nitrogens with zero attached hydrogens (tertiary/aromatic N) is 1. The summed E-state index contributed by atoms with van der Waals surface area (Å²) in [6.45, 7) is 1.37. The average Bonchev–Trinajstić information content (AvgIpc) is 2.34. The lowest BCUT2D eigenvalue weighted by Crippen LogP contribution is -2.47. The van der Waals surface area contributed by atoms with Gasteiger partial charge in [-0.3, -0.25) is 0 Å². The van der Waals surface area contributed by atoms with Crippen LogP contribution in [0.3, 0.4) is 0 Å². The Balaban J connectivity index is 2.17. The van der Waals surface area contributed by atoms with Gasteiger partial charge in [0.25, 0.3) is 0 Å². The van der Waals surface area contributed by atoms with Crippen LogP contribution >= 0.6 is 15.9 Å². The zero-order chi connectivity index (χ0) is 12.3.